The number of nitrogens with one attached hydrogen (secondary N) is 2. The van der Waals surface area contributed by atoms with Gasteiger partial charge in [-0.25, -0.2) is 4.98 Å². The average Bonchev–Trinajstić information content (AvgIpc) is 3.32. The number of amides is 2. The highest BCUT2D eigenvalue weighted by Gasteiger charge is 2.23. The van der Waals surface area contributed by atoms with E-state index in [0.29, 0.717) is 33.7 Å². The Morgan fingerprint density at radius 1 is 1.23 bits per heavy atom. The standard InChI is InChI=1S/C22H24N4O3S/c1-12(2)19(27)24-15-8-6-14(7-9-15)11-23-20(28)18-13(3)17-21(30-18)25-16-5-4-10-26(16)22(17)29/h6-9,12H,4-5,10-11H2,1-3H3,(H,23,28)(H,24,27). The molecule has 0 aliphatic carbocycles. The van der Waals surface area contributed by atoms with E-state index in [-0.39, 0.29) is 23.3 Å². The molecular weight excluding hydrogens is 400 g/mol. The van der Waals surface area contributed by atoms with Crippen molar-refractivity contribution in [1.29, 1.82) is 0 Å². The zero-order valence-corrected chi connectivity index (χ0v) is 18.1. The summed E-state index contributed by atoms with van der Waals surface area (Å²) >= 11 is 1.28. The van der Waals surface area contributed by atoms with Gasteiger partial charge in [0.2, 0.25) is 5.91 Å². The maximum Gasteiger partial charge on any atom is 0.262 e. The highest BCUT2D eigenvalue weighted by atomic mass is 32.1. The number of benzene rings is 1. The molecule has 0 radical (unpaired) electrons. The average molecular weight is 425 g/mol. The molecule has 7 nitrogen and oxygen atoms in total. The van der Waals surface area contributed by atoms with Gasteiger partial charge in [0, 0.05) is 31.1 Å². The lowest BCUT2D eigenvalue weighted by atomic mass is 10.1. The van der Waals surface area contributed by atoms with E-state index in [2.05, 4.69) is 15.6 Å². The summed E-state index contributed by atoms with van der Waals surface area (Å²) in [6.45, 7) is 6.54. The molecule has 2 N–H and O–H groups in total. The van der Waals surface area contributed by atoms with Crippen molar-refractivity contribution in [3.05, 3.63) is 56.4 Å². The molecule has 1 aliphatic heterocycles. The van der Waals surface area contributed by atoms with Gasteiger partial charge in [0.1, 0.15) is 10.7 Å². The van der Waals surface area contributed by atoms with E-state index in [1.54, 1.807) is 4.57 Å². The molecule has 0 saturated carbocycles. The molecule has 0 unspecified atom stereocenters. The van der Waals surface area contributed by atoms with Crippen LogP contribution in [-0.4, -0.2) is 21.4 Å². The van der Waals surface area contributed by atoms with Gasteiger partial charge in [-0.1, -0.05) is 26.0 Å². The smallest absolute Gasteiger partial charge is 0.262 e. The highest BCUT2D eigenvalue weighted by Crippen LogP contribution is 2.28. The van der Waals surface area contributed by atoms with Gasteiger partial charge in [-0.05, 0) is 36.6 Å². The third-order valence-electron chi connectivity index (χ3n) is 5.32. The van der Waals surface area contributed by atoms with Gasteiger partial charge in [-0.15, -0.1) is 11.3 Å². The zero-order valence-electron chi connectivity index (χ0n) is 17.2. The van der Waals surface area contributed by atoms with E-state index in [1.807, 2.05) is 45.0 Å². The Morgan fingerprint density at radius 2 is 1.97 bits per heavy atom. The molecule has 156 valence electrons. The summed E-state index contributed by atoms with van der Waals surface area (Å²) in [5, 5.41) is 6.32. The molecular formula is C22H24N4O3S. The summed E-state index contributed by atoms with van der Waals surface area (Å²) in [5.41, 5.74) is 2.30. The van der Waals surface area contributed by atoms with Gasteiger partial charge in [0.05, 0.1) is 10.3 Å². The first-order valence-electron chi connectivity index (χ1n) is 10.1. The Morgan fingerprint density at radius 3 is 2.67 bits per heavy atom. The van der Waals surface area contributed by atoms with Crippen LogP contribution in [-0.2, 0) is 24.3 Å². The number of carbonyl (C=O) groups is 2. The molecule has 1 aromatic carbocycles. The van der Waals surface area contributed by atoms with Crippen LogP contribution in [0.4, 0.5) is 5.69 Å². The molecule has 2 aromatic heterocycles. The third-order valence-corrected chi connectivity index (χ3v) is 6.50. The highest BCUT2D eigenvalue weighted by molar-refractivity contribution is 7.20. The lowest BCUT2D eigenvalue weighted by Gasteiger charge is -2.09. The molecule has 0 bridgehead atoms. The van der Waals surface area contributed by atoms with Gasteiger partial charge in [-0.2, -0.15) is 0 Å². The molecule has 2 amide bonds. The number of fused-ring (bicyclic) bond motifs is 2. The largest absolute Gasteiger partial charge is 0.347 e. The van der Waals surface area contributed by atoms with Crippen LogP contribution in [0.15, 0.2) is 29.1 Å². The number of nitrogens with zero attached hydrogens (tertiary/aromatic N) is 2. The van der Waals surface area contributed by atoms with Crippen LogP contribution in [0.25, 0.3) is 10.2 Å². The fourth-order valence-electron chi connectivity index (χ4n) is 3.55. The summed E-state index contributed by atoms with van der Waals surface area (Å²) in [6, 6.07) is 7.37. The summed E-state index contributed by atoms with van der Waals surface area (Å²) in [4.78, 5) is 43.1. The first kappa shape index (κ1) is 20.3. The molecule has 30 heavy (non-hydrogen) atoms. The van der Waals surface area contributed by atoms with Crippen molar-refractivity contribution in [2.75, 3.05) is 5.32 Å². The molecule has 0 spiro atoms. The molecule has 4 rings (SSSR count). The Kier molecular flexibility index (Phi) is 5.42. The van der Waals surface area contributed by atoms with Crippen LogP contribution in [0.2, 0.25) is 0 Å². The minimum Gasteiger partial charge on any atom is -0.347 e. The van der Waals surface area contributed by atoms with E-state index in [4.69, 9.17) is 0 Å². The fourth-order valence-corrected chi connectivity index (χ4v) is 4.65. The first-order valence-corrected chi connectivity index (χ1v) is 10.9. The van der Waals surface area contributed by atoms with E-state index >= 15 is 0 Å². The van der Waals surface area contributed by atoms with E-state index in [0.717, 1.165) is 29.9 Å². The molecule has 1 aliphatic rings. The number of hydrogen-bond donors (Lipinski definition) is 2. The van der Waals surface area contributed by atoms with Gasteiger partial charge in [0.25, 0.3) is 11.5 Å². The summed E-state index contributed by atoms with van der Waals surface area (Å²) in [5.74, 6) is 0.478. The Balaban J connectivity index is 1.48. The quantitative estimate of drug-likeness (QED) is 0.658. The van der Waals surface area contributed by atoms with Crippen LogP contribution >= 0.6 is 11.3 Å². The van der Waals surface area contributed by atoms with Crippen molar-refractivity contribution in [3.8, 4) is 0 Å². The second-order valence-electron chi connectivity index (χ2n) is 7.85. The number of rotatable bonds is 5. The molecule has 0 fully saturated rings. The van der Waals surface area contributed by atoms with E-state index in [1.165, 1.54) is 11.3 Å². The predicted octanol–water partition coefficient (Wildman–Crippen LogP) is 3.24. The van der Waals surface area contributed by atoms with Gasteiger partial charge in [0.15, 0.2) is 0 Å². The topological polar surface area (TPSA) is 93.1 Å². The van der Waals surface area contributed by atoms with Gasteiger partial charge in [-0.3, -0.25) is 19.0 Å². The first-order chi connectivity index (χ1) is 14.3. The maximum absolute atomic E-state index is 12.8. The lowest BCUT2D eigenvalue weighted by Crippen LogP contribution is -2.23. The molecule has 8 heteroatoms. The second kappa shape index (κ2) is 8.02. The minimum atomic E-state index is -0.211. The van der Waals surface area contributed by atoms with Crippen molar-refractivity contribution < 1.29 is 9.59 Å². The number of anilines is 1. The Hall–Kier alpha value is -3.00. The summed E-state index contributed by atoms with van der Waals surface area (Å²) < 4.78 is 1.73. The van der Waals surface area contributed by atoms with Crippen molar-refractivity contribution in [2.24, 2.45) is 5.92 Å². The van der Waals surface area contributed by atoms with Crippen LogP contribution in [0.5, 0.6) is 0 Å². The van der Waals surface area contributed by atoms with Gasteiger partial charge >= 0.3 is 0 Å². The van der Waals surface area contributed by atoms with Crippen molar-refractivity contribution in [2.45, 2.75) is 46.7 Å². The van der Waals surface area contributed by atoms with E-state index in [9.17, 15) is 14.4 Å². The number of carbonyl (C=O) groups excluding carboxylic acids is 2. The third kappa shape index (κ3) is 3.75. The minimum absolute atomic E-state index is 0.0354. The normalized spacial score (nSPS) is 12.9. The second-order valence-corrected chi connectivity index (χ2v) is 8.85. The maximum atomic E-state index is 12.8. The number of hydrogen-bond acceptors (Lipinski definition) is 5. The van der Waals surface area contributed by atoms with Gasteiger partial charge < -0.3 is 10.6 Å². The van der Waals surface area contributed by atoms with Crippen LogP contribution in [0, 0.1) is 12.8 Å². The molecule has 3 heterocycles. The SMILES string of the molecule is Cc1c(C(=O)NCc2ccc(NC(=O)C(C)C)cc2)sc2nc3n(c(=O)c12)CCC3. The Bertz CT molecular complexity index is 1190. The Labute approximate surface area is 178 Å². The van der Waals surface area contributed by atoms with Crippen molar-refractivity contribution in [3.63, 3.8) is 0 Å². The number of aryl methyl sites for hydroxylation is 2. The van der Waals surface area contributed by atoms with Crippen LogP contribution in [0.1, 0.15) is 46.9 Å². The fraction of sp³-hybridized carbons (Fsp3) is 0.364. The zero-order chi connectivity index (χ0) is 21.4. The monoisotopic (exact) mass is 424 g/mol. The number of thiophene rings is 1. The predicted molar refractivity (Wildman–Crippen MR) is 118 cm³/mol. The molecule has 0 atom stereocenters. The number of aromatic nitrogens is 2. The summed E-state index contributed by atoms with van der Waals surface area (Å²) in [6.07, 6.45) is 1.74. The van der Waals surface area contributed by atoms with Crippen molar-refractivity contribution >= 4 is 39.1 Å². The molecule has 3 aromatic rings. The van der Waals surface area contributed by atoms with Crippen LogP contribution in [0.3, 0.4) is 0 Å². The lowest BCUT2D eigenvalue weighted by molar-refractivity contribution is -0.118. The van der Waals surface area contributed by atoms with E-state index < -0.39 is 0 Å². The van der Waals surface area contributed by atoms with Crippen molar-refractivity contribution in [1.82, 2.24) is 14.9 Å². The van der Waals surface area contributed by atoms with Crippen LogP contribution < -0.4 is 16.2 Å². The molecule has 0 saturated heterocycles. The summed E-state index contributed by atoms with van der Waals surface area (Å²) in [7, 11) is 0.